The zero-order valence-corrected chi connectivity index (χ0v) is 9.13. The molecule has 0 fully saturated rings. The molecule has 84 valence electrons. The van der Waals surface area contributed by atoms with E-state index in [9.17, 15) is 10.1 Å². The summed E-state index contributed by atoms with van der Waals surface area (Å²) < 4.78 is 0. The summed E-state index contributed by atoms with van der Waals surface area (Å²) in [5.41, 5.74) is 1.65. The van der Waals surface area contributed by atoms with Crippen LogP contribution in [-0.4, -0.2) is 4.92 Å². The number of allylic oxidation sites excluding steroid dienone is 2. The summed E-state index contributed by atoms with van der Waals surface area (Å²) in [7, 11) is 0. The first-order valence-corrected chi connectivity index (χ1v) is 5.65. The molecule has 16 heavy (non-hydrogen) atoms. The lowest BCUT2D eigenvalue weighted by atomic mass is 9.89. The lowest BCUT2D eigenvalue weighted by molar-refractivity contribution is -0.429. The molecule has 1 unspecified atom stereocenters. The Kier molecular flexibility index (Phi) is 3.34. The van der Waals surface area contributed by atoms with Gasteiger partial charge >= 0.3 is 0 Å². The molecule has 1 aromatic rings. The number of hydrogen-bond acceptors (Lipinski definition) is 2. The van der Waals surface area contributed by atoms with Crippen molar-refractivity contribution in [2.45, 2.75) is 25.7 Å². The summed E-state index contributed by atoms with van der Waals surface area (Å²) in [6.45, 7) is 0. The van der Waals surface area contributed by atoms with Crippen molar-refractivity contribution < 1.29 is 4.92 Å². The van der Waals surface area contributed by atoms with E-state index in [1.165, 1.54) is 5.56 Å². The van der Waals surface area contributed by atoms with Crippen LogP contribution >= 0.6 is 0 Å². The second kappa shape index (κ2) is 4.92. The number of nitrogens with zero attached hydrogens (tertiary/aromatic N) is 1. The standard InChI is InChI=1S/C13H15NO2/c15-14(16)13-8-4-7-12(10-13)9-11-5-2-1-3-6-11/h1-3,5-6,10,12H,4,7-9H2. The summed E-state index contributed by atoms with van der Waals surface area (Å²) >= 11 is 0. The van der Waals surface area contributed by atoms with Gasteiger partial charge in [-0.2, -0.15) is 0 Å². The summed E-state index contributed by atoms with van der Waals surface area (Å²) in [6, 6.07) is 10.2. The topological polar surface area (TPSA) is 43.1 Å². The second-order valence-corrected chi connectivity index (χ2v) is 4.26. The van der Waals surface area contributed by atoms with Crippen LogP contribution in [0.5, 0.6) is 0 Å². The SMILES string of the molecule is O=[N+]([O-])C1=CC(Cc2ccccc2)CCC1. The molecule has 0 aromatic heterocycles. The summed E-state index contributed by atoms with van der Waals surface area (Å²) in [6.07, 6.45) is 5.38. The number of rotatable bonds is 3. The van der Waals surface area contributed by atoms with Gasteiger partial charge in [0.15, 0.2) is 0 Å². The van der Waals surface area contributed by atoms with Gasteiger partial charge in [-0.1, -0.05) is 30.3 Å². The number of benzene rings is 1. The molecule has 1 aliphatic carbocycles. The molecule has 0 radical (unpaired) electrons. The van der Waals surface area contributed by atoms with Gasteiger partial charge in [0, 0.05) is 6.42 Å². The van der Waals surface area contributed by atoms with E-state index in [1.807, 2.05) is 24.3 Å². The van der Waals surface area contributed by atoms with Gasteiger partial charge in [0.25, 0.3) is 0 Å². The molecule has 2 rings (SSSR count). The van der Waals surface area contributed by atoms with Crippen LogP contribution in [0.1, 0.15) is 24.8 Å². The fourth-order valence-corrected chi connectivity index (χ4v) is 2.21. The van der Waals surface area contributed by atoms with Crippen LogP contribution in [0.2, 0.25) is 0 Å². The first-order valence-electron chi connectivity index (χ1n) is 5.65. The maximum Gasteiger partial charge on any atom is 0.242 e. The zero-order valence-electron chi connectivity index (χ0n) is 9.13. The van der Waals surface area contributed by atoms with Gasteiger partial charge in [-0.15, -0.1) is 0 Å². The minimum atomic E-state index is -0.239. The highest BCUT2D eigenvalue weighted by Crippen LogP contribution is 2.25. The first kappa shape index (κ1) is 10.9. The Morgan fingerprint density at radius 1 is 1.31 bits per heavy atom. The minimum Gasteiger partial charge on any atom is -0.259 e. The molecule has 0 saturated heterocycles. The Morgan fingerprint density at radius 3 is 2.75 bits per heavy atom. The third-order valence-electron chi connectivity index (χ3n) is 3.01. The molecule has 0 spiro atoms. The largest absolute Gasteiger partial charge is 0.259 e. The number of nitro groups is 1. The van der Waals surface area contributed by atoms with Crippen LogP contribution in [0.25, 0.3) is 0 Å². The maximum absolute atomic E-state index is 10.7. The smallest absolute Gasteiger partial charge is 0.242 e. The molecule has 0 saturated carbocycles. The van der Waals surface area contributed by atoms with Crippen LogP contribution in [-0.2, 0) is 6.42 Å². The second-order valence-electron chi connectivity index (χ2n) is 4.26. The van der Waals surface area contributed by atoms with Gasteiger partial charge < -0.3 is 0 Å². The zero-order chi connectivity index (χ0) is 11.4. The Hall–Kier alpha value is -1.64. The van der Waals surface area contributed by atoms with Gasteiger partial charge in [-0.25, -0.2) is 0 Å². The molecule has 0 aliphatic heterocycles. The monoisotopic (exact) mass is 217 g/mol. The van der Waals surface area contributed by atoms with E-state index in [4.69, 9.17) is 0 Å². The van der Waals surface area contributed by atoms with Crippen molar-refractivity contribution in [2.75, 3.05) is 0 Å². The van der Waals surface area contributed by atoms with Crippen molar-refractivity contribution in [1.29, 1.82) is 0 Å². The lowest BCUT2D eigenvalue weighted by Gasteiger charge is -2.16. The molecule has 0 heterocycles. The summed E-state index contributed by atoms with van der Waals surface area (Å²) in [5.74, 6) is 0.330. The fourth-order valence-electron chi connectivity index (χ4n) is 2.21. The molecule has 0 amide bonds. The third-order valence-corrected chi connectivity index (χ3v) is 3.01. The van der Waals surface area contributed by atoms with E-state index in [0.717, 1.165) is 19.3 Å². The highest BCUT2D eigenvalue weighted by Gasteiger charge is 2.20. The highest BCUT2D eigenvalue weighted by molar-refractivity contribution is 5.17. The van der Waals surface area contributed by atoms with E-state index < -0.39 is 0 Å². The number of hydrogen-bond donors (Lipinski definition) is 0. The van der Waals surface area contributed by atoms with E-state index in [-0.39, 0.29) is 4.92 Å². The normalized spacial score (nSPS) is 20.2. The first-order chi connectivity index (χ1) is 7.75. The third kappa shape index (κ3) is 2.69. The van der Waals surface area contributed by atoms with Gasteiger partial charge in [0.1, 0.15) is 0 Å². The predicted molar refractivity (Wildman–Crippen MR) is 62.6 cm³/mol. The molecule has 1 atom stereocenters. The van der Waals surface area contributed by atoms with Crippen molar-refractivity contribution in [3.05, 3.63) is 57.8 Å². The quantitative estimate of drug-likeness (QED) is 0.576. The molecule has 3 nitrogen and oxygen atoms in total. The van der Waals surface area contributed by atoms with Gasteiger partial charge in [-0.05, 0) is 36.8 Å². The highest BCUT2D eigenvalue weighted by atomic mass is 16.6. The summed E-state index contributed by atoms with van der Waals surface area (Å²) in [4.78, 5) is 10.5. The van der Waals surface area contributed by atoms with Crippen molar-refractivity contribution in [1.82, 2.24) is 0 Å². The van der Waals surface area contributed by atoms with Crippen molar-refractivity contribution >= 4 is 0 Å². The Labute approximate surface area is 94.9 Å². The van der Waals surface area contributed by atoms with Crippen molar-refractivity contribution in [3.63, 3.8) is 0 Å². The lowest BCUT2D eigenvalue weighted by Crippen LogP contribution is -2.11. The minimum absolute atomic E-state index is 0.239. The molecule has 0 bridgehead atoms. The molecule has 1 aromatic carbocycles. The average Bonchev–Trinajstić information content (AvgIpc) is 2.30. The predicted octanol–water partition coefficient (Wildman–Crippen LogP) is 3.19. The van der Waals surface area contributed by atoms with Gasteiger partial charge in [-0.3, -0.25) is 10.1 Å². The van der Waals surface area contributed by atoms with Crippen LogP contribution in [0.4, 0.5) is 0 Å². The van der Waals surface area contributed by atoms with Crippen LogP contribution < -0.4 is 0 Å². The molecular formula is C13H15NO2. The van der Waals surface area contributed by atoms with Crippen molar-refractivity contribution in [2.24, 2.45) is 5.92 Å². The van der Waals surface area contributed by atoms with Crippen molar-refractivity contribution in [3.8, 4) is 0 Å². The Morgan fingerprint density at radius 2 is 2.06 bits per heavy atom. The fraction of sp³-hybridized carbons (Fsp3) is 0.385. The van der Waals surface area contributed by atoms with Crippen LogP contribution in [0, 0.1) is 16.0 Å². The Bertz CT molecular complexity index is 398. The van der Waals surface area contributed by atoms with Crippen LogP contribution in [0.15, 0.2) is 42.1 Å². The van der Waals surface area contributed by atoms with E-state index in [2.05, 4.69) is 12.1 Å². The molecule has 3 heteroatoms. The van der Waals surface area contributed by atoms with Gasteiger partial charge in [0.2, 0.25) is 5.70 Å². The Balaban J connectivity index is 2.06. The molecule has 1 aliphatic rings. The maximum atomic E-state index is 10.7. The molecule has 0 N–H and O–H groups in total. The van der Waals surface area contributed by atoms with E-state index in [1.54, 1.807) is 0 Å². The average molecular weight is 217 g/mol. The molecular weight excluding hydrogens is 202 g/mol. The summed E-state index contributed by atoms with van der Waals surface area (Å²) in [5, 5.41) is 10.7. The van der Waals surface area contributed by atoms with Gasteiger partial charge in [0.05, 0.1) is 4.92 Å². The van der Waals surface area contributed by atoms with E-state index >= 15 is 0 Å². The van der Waals surface area contributed by atoms with Crippen LogP contribution in [0.3, 0.4) is 0 Å². The van der Waals surface area contributed by atoms with E-state index in [0.29, 0.717) is 18.0 Å².